The van der Waals surface area contributed by atoms with Gasteiger partial charge in [0.05, 0.1) is 15.5 Å². The third kappa shape index (κ3) is 3.84. The van der Waals surface area contributed by atoms with Crippen molar-refractivity contribution in [3.8, 4) is 0 Å². The quantitative estimate of drug-likeness (QED) is 0.336. The number of fused-ring (bicyclic) bond motifs is 2. The molecule has 0 unspecified atom stereocenters. The Bertz CT molecular complexity index is 1750. The third-order valence-corrected chi connectivity index (χ3v) is 9.04. The van der Waals surface area contributed by atoms with E-state index in [1.54, 1.807) is 37.3 Å². The zero-order chi connectivity index (χ0) is 25.0. The Morgan fingerprint density at radius 3 is 2.29 bits per heavy atom. The SMILES string of the molecule is Cc1ccc(S(=O)(=O)c2ncnc3c2N=C(c2cccc(F)c2)c2cc(C)ccc2S3(=O)=O)cc1. The molecule has 0 fully saturated rings. The Hall–Kier alpha value is -3.76. The number of rotatable bonds is 3. The highest BCUT2D eigenvalue weighted by Gasteiger charge is 2.36. The molecule has 35 heavy (non-hydrogen) atoms. The fraction of sp³-hybridized carbons (Fsp3) is 0.0800. The zero-order valence-corrected chi connectivity index (χ0v) is 20.2. The molecule has 5 rings (SSSR count). The second kappa shape index (κ2) is 8.17. The van der Waals surface area contributed by atoms with E-state index >= 15 is 0 Å². The van der Waals surface area contributed by atoms with E-state index in [9.17, 15) is 21.2 Å². The minimum atomic E-state index is -4.30. The van der Waals surface area contributed by atoms with Crippen molar-refractivity contribution >= 4 is 31.1 Å². The molecule has 0 spiro atoms. The molecule has 2 heterocycles. The average molecular weight is 508 g/mol. The van der Waals surface area contributed by atoms with E-state index in [-0.39, 0.29) is 26.6 Å². The summed E-state index contributed by atoms with van der Waals surface area (Å²) in [4.78, 5) is 12.2. The van der Waals surface area contributed by atoms with Crippen molar-refractivity contribution in [2.24, 2.45) is 4.99 Å². The molecular weight excluding hydrogens is 489 g/mol. The second-order valence-corrected chi connectivity index (χ2v) is 11.8. The van der Waals surface area contributed by atoms with Crippen molar-refractivity contribution in [2.45, 2.75) is 33.7 Å². The van der Waals surface area contributed by atoms with Crippen LogP contribution in [0.4, 0.5) is 10.1 Å². The van der Waals surface area contributed by atoms with Gasteiger partial charge in [-0.25, -0.2) is 36.2 Å². The van der Waals surface area contributed by atoms with E-state index in [4.69, 9.17) is 0 Å². The minimum absolute atomic E-state index is 0.0680. The average Bonchev–Trinajstić information content (AvgIpc) is 2.91. The molecule has 0 saturated heterocycles. The summed E-state index contributed by atoms with van der Waals surface area (Å²) in [5.41, 5.74) is 1.77. The summed E-state index contributed by atoms with van der Waals surface area (Å²) in [5.74, 6) is -0.552. The molecule has 0 N–H and O–H groups in total. The highest BCUT2D eigenvalue weighted by molar-refractivity contribution is 7.92. The Labute approximate surface area is 201 Å². The summed E-state index contributed by atoms with van der Waals surface area (Å²) in [6, 6.07) is 16.2. The number of aliphatic imine (C=N–C) groups is 1. The Morgan fingerprint density at radius 2 is 1.57 bits per heavy atom. The van der Waals surface area contributed by atoms with Gasteiger partial charge in [-0.15, -0.1) is 0 Å². The topological polar surface area (TPSA) is 106 Å². The predicted octanol–water partition coefficient (Wildman–Crippen LogP) is 4.38. The van der Waals surface area contributed by atoms with Crippen molar-refractivity contribution in [2.75, 3.05) is 0 Å². The molecule has 1 aromatic heterocycles. The Morgan fingerprint density at radius 1 is 0.857 bits per heavy atom. The number of hydrogen-bond donors (Lipinski definition) is 0. The van der Waals surface area contributed by atoms with Crippen LogP contribution in [0.1, 0.15) is 22.3 Å². The lowest BCUT2D eigenvalue weighted by molar-refractivity contribution is 0.587. The maximum absolute atomic E-state index is 14.2. The first kappa shape index (κ1) is 23.0. The first-order valence-electron chi connectivity index (χ1n) is 10.5. The van der Waals surface area contributed by atoms with Crippen LogP contribution in [-0.2, 0) is 19.7 Å². The van der Waals surface area contributed by atoms with Gasteiger partial charge in [-0.3, -0.25) is 0 Å². The van der Waals surface area contributed by atoms with Crippen LogP contribution in [0, 0.1) is 19.7 Å². The molecule has 0 radical (unpaired) electrons. The van der Waals surface area contributed by atoms with Gasteiger partial charge in [-0.05, 0) is 50.2 Å². The van der Waals surface area contributed by atoms with E-state index in [0.29, 0.717) is 0 Å². The number of hydrogen-bond acceptors (Lipinski definition) is 7. The van der Waals surface area contributed by atoms with E-state index in [1.807, 2.05) is 6.92 Å². The normalized spacial score (nSPS) is 14.4. The smallest absolute Gasteiger partial charge is 0.226 e. The van der Waals surface area contributed by atoms with Crippen LogP contribution in [0.25, 0.3) is 0 Å². The van der Waals surface area contributed by atoms with Crippen molar-refractivity contribution in [3.05, 3.63) is 101 Å². The highest BCUT2D eigenvalue weighted by Crippen LogP contribution is 2.40. The summed E-state index contributed by atoms with van der Waals surface area (Å²) in [7, 11) is -8.57. The minimum Gasteiger partial charge on any atom is -0.242 e. The van der Waals surface area contributed by atoms with Crippen molar-refractivity contribution in [3.63, 3.8) is 0 Å². The van der Waals surface area contributed by atoms with Crippen LogP contribution in [0.3, 0.4) is 0 Å². The number of aryl methyl sites for hydroxylation is 2. The maximum Gasteiger partial charge on any atom is 0.226 e. The van der Waals surface area contributed by atoms with E-state index in [1.165, 1.54) is 36.4 Å². The van der Waals surface area contributed by atoms with E-state index in [2.05, 4.69) is 15.0 Å². The lowest BCUT2D eigenvalue weighted by Gasteiger charge is -2.10. The van der Waals surface area contributed by atoms with Crippen molar-refractivity contribution < 1.29 is 21.2 Å². The van der Waals surface area contributed by atoms with Crippen LogP contribution >= 0.6 is 0 Å². The molecule has 1 aliphatic heterocycles. The zero-order valence-electron chi connectivity index (χ0n) is 18.6. The van der Waals surface area contributed by atoms with E-state index in [0.717, 1.165) is 17.5 Å². The predicted molar refractivity (Wildman–Crippen MR) is 127 cm³/mol. The van der Waals surface area contributed by atoms with Crippen LogP contribution in [0.2, 0.25) is 0 Å². The highest BCUT2D eigenvalue weighted by atomic mass is 32.2. The number of nitrogens with zero attached hydrogens (tertiary/aromatic N) is 3. The van der Waals surface area contributed by atoms with Gasteiger partial charge in [0.15, 0.2) is 10.1 Å². The first-order chi connectivity index (χ1) is 16.6. The second-order valence-electron chi connectivity index (χ2n) is 8.12. The third-order valence-electron chi connectivity index (χ3n) is 5.60. The fourth-order valence-corrected chi connectivity index (χ4v) is 6.71. The molecule has 3 aromatic carbocycles. The van der Waals surface area contributed by atoms with Gasteiger partial charge in [0.2, 0.25) is 19.7 Å². The molecule has 0 saturated carbocycles. The number of sulfone groups is 2. The molecule has 1 aliphatic rings. The Kier molecular flexibility index (Phi) is 5.37. The monoisotopic (exact) mass is 507 g/mol. The molecular formula is C25H18FN3O4S2. The maximum atomic E-state index is 14.2. The van der Waals surface area contributed by atoms with Gasteiger partial charge < -0.3 is 0 Å². The molecule has 0 amide bonds. The van der Waals surface area contributed by atoms with Crippen LogP contribution < -0.4 is 0 Å². The van der Waals surface area contributed by atoms with Crippen molar-refractivity contribution in [1.82, 2.24) is 9.97 Å². The standard InChI is InChI=1S/C25H18FN3O4S2/c1-15-6-9-19(10-7-15)34(30,31)24-23-25(28-14-27-24)35(32,33)21-11-8-16(2)12-20(21)22(29-23)17-4-3-5-18(26)13-17/h3-14H,1-2H3. The molecule has 10 heteroatoms. The van der Waals surface area contributed by atoms with Gasteiger partial charge in [0, 0.05) is 11.1 Å². The lowest BCUT2D eigenvalue weighted by atomic mass is 10.0. The molecule has 7 nitrogen and oxygen atoms in total. The summed E-state index contributed by atoms with van der Waals surface area (Å²) in [6.07, 6.45) is 0.897. The molecule has 4 aromatic rings. The van der Waals surface area contributed by atoms with Gasteiger partial charge in [-0.1, -0.05) is 41.5 Å². The summed E-state index contributed by atoms with van der Waals surface area (Å²) in [6.45, 7) is 3.59. The fourth-order valence-electron chi connectivity index (χ4n) is 3.86. The molecule has 176 valence electrons. The van der Waals surface area contributed by atoms with Crippen molar-refractivity contribution in [1.29, 1.82) is 0 Å². The van der Waals surface area contributed by atoms with Crippen LogP contribution in [0.5, 0.6) is 0 Å². The van der Waals surface area contributed by atoms with Crippen LogP contribution in [-0.4, -0.2) is 32.5 Å². The molecule has 0 aliphatic carbocycles. The largest absolute Gasteiger partial charge is 0.242 e. The van der Waals surface area contributed by atoms with E-state index < -0.39 is 41.2 Å². The number of aromatic nitrogens is 2. The summed E-state index contributed by atoms with van der Waals surface area (Å²) in [5, 5.41) is -1.08. The Balaban J connectivity index is 1.90. The summed E-state index contributed by atoms with van der Waals surface area (Å²) < 4.78 is 68.7. The lowest BCUT2D eigenvalue weighted by Crippen LogP contribution is -2.11. The first-order valence-corrected chi connectivity index (χ1v) is 13.4. The van der Waals surface area contributed by atoms with Gasteiger partial charge in [0.25, 0.3) is 0 Å². The van der Waals surface area contributed by atoms with Crippen LogP contribution in [0.15, 0.2) is 97.9 Å². The van der Waals surface area contributed by atoms with Gasteiger partial charge in [-0.2, -0.15) is 0 Å². The van der Waals surface area contributed by atoms with Gasteiger partial charge >= 0.3 is 0 Å². The number of halogens is 1. The molecule has 0 bridgehead atoms. The number of benzene rings is 3. The molecule has 0 atom stereocenters. The van der Waals surface area contributed by atoms with Gasteiger partial charge in [0.1, 0.15) is 17.8 Å². The summed E-state index contributed by atoms with van der Waals surface area (Å²) >= 11 is 0.